The zero-order valence-corrected chi connectivity index (χ0v) is 7.59. The van der Waals surface area contributed by atoms with Crippen LogP contribution in [-0.4, -0.2) is 44.0 Å². The van der Waals surface area contributed by atoms with Gasteiger partial charge < -0.3 is 15.5 Å². The topological polar surface area (TPSA) is 86.8 Å². The maximum atomic E-state index is 11.5. The first-order valence-corrected chi connectivity index (χ1v) is 4.65. The molecule has 14 heavy (non-hydrogen) atoms. The minimum atomic E-state index is -1.45. The summed E-state index contributed by atoms with van der Waals surface area (Å²) in [5.74, 6) is -1.30. The van der Waals surface area contributed by atoms with Gasteiger partial charge in [0.2, 0.25) is 0 Å². The molecule has 2 atom stereocenters. The molecule has 2 N–H and O–H groups in total. The Bertz CT molecular complexity index is 302. The van der Waals surface area contributed by atoms with Gasteiger partial charge in [0.15, 0.2) is 5.71 Å². The molecule has 0 bridgehead atoms. The fourth-order valence-electron chi connectivity index (χ4n) is 2.17. The summed E-state index contributed by atoms with van der Waals surface area (Å²) in [6.45, 7) is 0. The van der Waals surface area contributed by atoms with Crippen LogP contribution in [0.5, 0.6) is 0 Å². The standard InChI is InChI=1S/C8H12N2O4/c11-8(12)7-9(13)5-3-1-2-4-6(5)10(7)14/h5,7,13H,1-4H2,(H,11,12). The summed E-state index contributed by atoms with van der Waals surface area (Å²) >= 11 is 0. The molecular formula is C8H12N2O4. The molecule has 0 amide bonds. The monoisotopic (exact) mass is 200 g/mol. The van der Waals surface area contributed by atoms with Crippen molar-refractivity contribution in [2.75, 3.05) is 0 Å². The molecule has 6 heteroatoms. The van der Waals surface area contributed by atoms with Crippen molar-refractivity contribution in [1.29, 1.82) is 0 Å². The van der Waals surface area contributed by atoms with Crippen molar-refractivity contribution in [3.05, 3.63) is 5.21 Å². The molecule has 1 heterocycles. The van der Waals surface area contributed by atoms with E-state index in [1.54, 1.807) is 0 Å². The summed E-state index contributed by atoms with van der Waals surface area (Å²) in [6, 6.07) is -0.387. The number of carboxylic acid groups (broad SMARTS) is 1. The Kier molecular flexibility index (Phi) is 2.16. The Balaban J connectivity index is 2.31. The smallest absolute Gasteiger partial charge is 0.393 e. The maximum Gasteiger partial charge on any atom is 0.393 e. The largest absolute Gasteiger partial charge is 0.622 e. The first kappa shape index (κ1) is 9.42. The second-order valence-corrected chi connectivity index (χ2v) is 3.67. The predicted molar refractivity (Wildman–Crippen MR) is 45.9 cm³/mol. The number of fused-ring (bicyclic) bond motifs is 1. The molecule has 2 rings (SSSR count). The third-order valence-corrected chi connectivity index (χ3v) is 2.84. The SMILES string of the molecule is O=C(O)C1N(O)C2CCCCC2=[N+]1[O-]. The minimum absolute atomic E-state index is 0.387. The van der Waals surface area contributed by atoms with Gasteiger partial charge in [-0.2, -0.15) is 4.74 Å². The highest BCUT2D eigenvalue weighted by Gasteiger charge is 2.49. The lowest BCUT2D eigenvalue weighted by Gasteiger charge is -2.19. The molecule has 6 nitrogen and oxygen atoms in total. The van der Waals surface area contributed by atoms with Gasteiger partial charge in [0.1, 0.15) is 6.04 Å². The average molecular weight is 200 g/mol. The van der Waals surface area contributed by atoms with Crippen molar-refractivity contribution in [1.82, 2.24) is 5.06 Å². The molecule has 1 saturated carbocycles. The molecule has 0 aromatic rings. The first-order valence-electron chi connectivity index (χ1n) is 4.65. The fourth-order valence-corrected chi connectivity index (χ4v) is 2.17. The van der Waals surface area contributed by atoms with Crippen LogP contribution in [0.3, 0.4) is 0 Å². The van der Waals surface area contributed by atoms with Crippen LogP contribution in [0.2, 0.25) is 0 Å². The van der Waals surface area contributed by atoms with Crippen LogP contribution in [0.25, 0.3) is 0 Å². The van der Waals surface area contributed by atoms with Gasteiger partial charge in [-0.25, -0.2) is 4.79 Å². The van der Waals surface area contributed by atoms with Crippen LogP contribution < -0.4 is 0 Å². The molecular weight excluding hydrogens is 188 g/mol. The molecule has 0 aromatic heterocycles. The normalized spacial score (nSPS) is 33.2. The van der Waals surface area contributed by atoms with Crippen LogP contribution in [0.15, 0.2) is 0 Å². The Hall–Kier alpha value is -1.14. The lowest BCUT2D eigenvalue weighted by molar-refractivity contribution is -0.522. The summed E-state index contributed by atoms with van der Waals surface area (Å²) in [5, 5.41) is 30.4. The van der Waals surface area contributed by atoms with Gasteiger partial charge in [-0.1, -0.05) is 6.42 Å². The summed E-state index contributed by atoms with van der Waals surface area (Å²) in [7, 11) is 0. The van der Waals surface area contributed by atoms with E-state index in [-0.39, 0.29) is 6.04 Å². The van der Waals surface area contributed by atoms with E-state index in [2.05, 4.69) is 0 Å². The second-order valence-electron chi connectivity index (χ2n) is 3.67. The van der Waals surface area contributed by atoms with E-state index in [9.17, 15) is 15.2 Å². The number of hydroxylamine groups is 3. The van der Waals surface area contributed by atoms with Gasteiger partial charge in [-0.15, -0.1) is 5.06 Å². The minimum Gasteiger partial charge on any atom is -0.622 e. The molecule has 0 spiro atoms. The molecule has 78 valence electrons. The Morgan fingerprint density at radius 1 is 1.57 bits per heavy atom. The van der Waals surface area contributed by atoms with Crippen LogP contribution in [0.1, 0.15) is 25.7 Å². The van der Waals surface area contributed by atoms with Crippen molar-refractivity contribution in [3.63, 3.8) is 0 Å². The van der Waals surface area contributed by atoms with E-state index in [0.717, 1.165) is 12.8 Å². The third kappa shape index (κ3) is 1.18. The van der Waals surface area contributed by atoms with E-state index in [1.165, 1.54) is 0 Å². The van der Waals surface area contributed by atoms with Crippen LogP contribution in [0, 0.1) is 5.21 Å². The second kappa shape index (κ2) is 3.21. The molecule has 1 aliphatic heterocycles. The molecule has 0 radical (unpaired) electrons. The van der Waals surface area contributed by atoms with Crippen LogP contribution in [-0.2, 0) is 4.79 Å². The van der Waals surface area contributed by atoms with Crippen molar-refractivity contribution < 1.29 is 19.8 Å². The molecule has 1 fully saturated rings. The Labute approximate surface area is 80.6 Å². The van der Waals surface area contributed by atoms with E-state index in [4.69, 9.17) is 5.11 Å². The van der Waals surface area contributed by atoms with Gasteiger partial charge in [0.25, 0.3) is 0 Å². The lowest BCUT2D eigenvalue weighted by atomic mass is 9.94. The van der Waals surface area contributed by atoms with Crippen molar-refractivity contribution in [2.45, 2.75) is 37.9 Å². The van der Waals surface area contributed by atoms with Gasteiger partial charge >= 0.3 is 12.1 Å². The summed E-state index contributed by atoms with van der Waals surface area (Å²) in [4.78, 5) is 10.7. The van der Waals surface area contributed by atoms with Crippen LogP contribution >= 0.6 is 0 Å². The van der Waals surface area contributed by atoms with E-state index in [1.807, 2.05) is 0 Å². The number of carboxylic acids is 1. The number of rotatable bonds is 1. The molecule has 2 aliphatic rings. The number of hydrogen-bond acceptors (Lipinski definition) is 4. The molecule has 1 aliphatic carbocycles. The quantitative estimate of drug-likeness (QED) is 0.459. The summed E-state index contributed by atoms with van der Waals surface area (Å²) < 4.78 is 0.437. The number of aliphatic carboxylic acids is 1. The van der Waals surface area contributed by atoms with Gasteiger partial charge in [-0.3, -0.25) is 0 Å². The molecule has 2 unspecified atom stereocenters. The lowest BCUT2D eigenvalue weighted by Crippen LogP contribution is -2.43. The van der Waals surface area contributed by atoms with E-state index in [0.29, 0.717) is 28.4 Å². The highest BCUT2D eigenvalue weighted by atomic mass is 16.6. The van der Waals surface area contributed by atoms with Gasteiger partial charge in [0.05, 0.1) is 0 Å². The molecule has 0 saturated heterocycles. The number of nitrogens with zero attached hydrogens (tertiary/aromatic N) is 2. The fraction of sp³-hybridized carbons (Fsp3) is 0.750. The molecule has 0 aromatic carbocycles. The van der Waals surface area contributed by atoms with E-state index < -0.39 is 12.1 Å². The van der Waals surface area contributed by atoms with E-state index >= 15 is 0 Å². The number of hydrogen-bond donors (Lipinski definition) is 2. The van der Waals surface area contributed by atoms with Gasteiger partial charge in [-0.05, 0) is 12.8 Å². The third-order valence-electron chi connectivity index (χ3n) is 2.84. The Morgan fingerprint density at radius 3 is 2.86 bits per heavy atom. The first-order chi connectivity index (χ1) is 6.63. The maximum absolute atomic E-state index is 11.5. The van der Waals surface area contributed by atoms with Crippen molar-refractivity contribution in [2.24, 2.45) is 0 Å². The highest BCUT2D eigenvalue weighted by Crippen LogP contribution is 2.26. The van der Waals surface area contributed by atoms with Crippen LogP contribution in [0.4, 0.5) is 0 Å². The summed E-state index contributed by atoms with van der Waals surface area (Å²) in [5.41, 5.74) is 0.506. The number of carbonyl (C=O) groups is 1. The zero-order valence-electron chi connectivity index (χ0n) is 7.59. The van der Waals surface area contributed by atoms with Crippen molar-refractivity contribution >= 4 is 11.7 Å². The summed E-state index contributed by atoms with van der Waals surface area (Å²) in [6.07, 6.45) is 1.62. The van der Waals surface area contributed by atoms with Gasteiger partial charge in [0, 0.05) is 6.42 Å². The zero-order chi connectivity index (χ0) is 10.3. The predicted octanol–water partition coefficient (Wildman–Crippen LogP) is -0.00420. The Morgan fingerprint density at radius 2 is 2.29 bits per heavy atom. The van der Waals surface area contributed by atoms with Crippen molar-refractivity contribution in [3.8, 4) is 0 Å². The average Bonchev–Trinajstić information content (AvgIpc) is 2.41. The highest BCUT2D eigenvalue weighted by molar-refractivity contribution is 5.89.